The number of nitrogens with one attached hydrogen (secondary N) is 1. The molecule has 2 aromatic rings. The predicted molar refractivity (Wildman–Crippen MR) is 85.4 cm³/mol. The Bertz CT molecular complexity index is 577. The summed E-state index contributed by atoms with van der Waals surface area (Å²) in [6.07, 6.45) is 0.838. The highest BCUT2D eigenvalue weighted by molar-refractivity contribution is 7.14. The number of hydrogen-bond donors (Lipinski definition) is 1. The average Bonchev–Trinajstić information content (AvgIpc) is 2.96. The summed E-state index contributed by atoms with van der Waals surface area (Å²) >= 11 is 7.60. The minimum atomic E-state index is 0.656. The third-order valence-electron chi connectivity index (χ3n) is 2.86. The van der Waals surface area contributed by atoms with Gasteiger partial charge in [0, 0.05) is 31.6 Å². The van der Waals surface area contributed by atoms with Gasteiger partial charge in [-0.3, -0.25) is 0 Å². The Labute approximate surface area is 133 Å². The van der Waals surface area contributed by atoms with Gasteiger partial charge in [-0.25, -0.2) is 0 Å². The molecule has 0 radical (unpaired) electrons. The number of benzene rings is 1. The van der Waals surface area contributed by atoms with Gasteiger partial charge in [0.25, 0.3) is 0 Å². The number of ether oxygens (including phenoxy) is 2. The Balaban J connectivity index is 2.01. The van der Waals surface area contributed by atoms with Crippen LogP contribution in [0.3, 0.4) is 0 Å². The Morgan fingerprint density at radius 1 is 1.24 bits per heavy atom. The molecule has 5 nitrogen and oxygen atoms in total. The molecular weight excluding hydrogens is 310 g/mol. The maximum atomic E-state index is 6.04. The van der Waals surface area contributed by atoms with Crippen LogP contribution in [-0.2, 0) is 11.2 Å². The van der Waals surface area contributed by atoms with E-state index in [1.807, 2.05) is 12.1 Å². The van der Waals surface area contributed by atoms with E-state index in [0.717, 1.165) is 40.8 Å². The molecule has 0 saturated heterocycles. The van der Waals surface area contributed by atoms with E-state index in [-0.39, 0.29) is 0 Å². The zero-order chi connectivity index (χ0) is 15.1. The highest BCUT2D eigenvalue weighted by Crippen LogP contribution is 2.34. The Kier molecular flexibility index (Phi) is 6.38. The molecule has 0 atom stereocenters. The van der Waals surface area contributed by atoms with Gasteiger partial charge >= 0.3 is 0 Å². The molecule has 0 aliphatic rings. The van der Waals surface area contributed by atoms with Gasteiger partial charge in [0.15, 0.2) is 5.01 Å². The van der Waals surface area contributed by atoms with Gasteiger partial charge in [-0.15, -0.1) is 10.2 Å². The molecule has 1 aromatic carbocycles. The summed E-state index contributed by atoms with van der Waals surface area (Å²) in [6.45, 7) is 2.40. The molecule has 114 valence electrons. The highest BCUT2D eigenvalue weighted by atomic mass is 35.5. The normalized spacial score (nSPS) is 10.8. The van der Waals surface area contributed by atoms with Crippen LogP contribution in [-0.4, -0.2) is 44.1 Å². The third kappa shape index (κ3) is 4.64. The molecule has 0 unspecified atom stereocenters. The molecule has 21 heavy (non-hydrogen) atoms. The lowest BCUT2D eigenvalue weighted by atomic mass is 10.2. The summed E-state index contributed by atoms with van der Waals surface area (Å²) in [5.41, 5.74) is 0.876. The summed E-state index contributed by atoms with van der Waals surface area (Å²) < 4.78 is 10.3. The van der Waals surface area contributed by atoms with Crippen molar-refractivity contribution in [3.63, 3.8) is 0 Å². The van der Waals surface area contributed by atoms with Gasteiger partial charge in [-0.05, 0) is 18.2 Å². The van der Waals surface area contributed by atoms with Crippen molar-refractivity contribution in [2.45, 2.75) is 6.42 Å². The van der Waals surface area contributed by atoms with Crippen LogP contribution in [0.15, 0.2) is 18.2 Å². The van der Waals surface area contributed by atoms with Gasteiger partial charge < -0.3 is 14.8 Å². The number of aromatic nitrogens is 2. The minimum Gasteiger partial charge on any atom is -0.496 e. The lowest BCUT2D eigenvalue weighted by Gasteiger charge is -2.05. The van der Waals surface area contributed by atoms with E-state index in [0.29, 0.717) is 11.6 Å². The fourth-order valence-electron chi connectivity index (χ4n) is 1.81. The van der Waals surface area contributed by atoms with E-state index in [4.69, 9.17) is 21.1 Å². The van der Waals surface area contributed by atoms with Crippen molar-refractivity contribution in [2.24, 2.45) is 0 Å². The second kappa shape index (κ2) is 8.29. The summed E-state index contributed by atoms with van der Waals surface area (Å²) in [5, 5.41) is 14.2. The first-order chi connectivity index (χ1) is 10.2. The van der Waals surface area contributed by atoms with Crippen LogP contribution in [0.25, 0.3) is 10.6 Å². The van der Waals surface area contributed by atoms with E-state index in [2.05, 4.69) is 15.5 Å². The van der Waals surface area contributed by atoms with Gasteiger partial charge in [0.2, 0.25) is 0 Å². The molecule has 0 aliphatic carbocycles. The zero-order valence-electron chi connectivity index (χ0n) is 12.1. The third-order valence-corrected chi connectivity index (χ3v) is 4.11. The molecule has 0 aliphatic heterocycles. The Morgan fingerprint density at radius 3 is 2.86 bits per heavy atom. The molecule has 0 fully saturated rings. The van der Waals surface area contributed by atoms with Crippen LogP contribution in [0.4, 0.5) is 0 Å². The van der Waals surface area contributed by atoms with Crippen LogP contribution in [0.5, 0.6) is 5.75 Å². The van der Waals surface area contributed by atoms with E-state index in [9.17, 15) is 0 Å². The van der Waals surface area contributed by atoms with Crippen molar-refractivity contribution >= 4 is 22.9 Å². The number of hydrogen-bond acceptors (Lipinski definition) is 6. The first kappa shape index (κ1) is 16.2. The molecule has 0 bridgehead atoms. The van der Waals surface area contributed by atoms with Crippen molar-refractivity contribution in [3.05, 3.63) is 28.2 Å². The second-order valence-electron chi connectivity index (χ2n) is 4.34. The predicted octanol–water partition coefficient (Wildman–Crippen LogP) is 2.65. The van der Waals surface area contributed by atoms with Gasteiger partial charge in [0.1, 0.15) is 10.8 Å². The largest absolute Gasteiger partial charge is 0.496 e. The number of rotatable bonds is 8. The van der Waals surface area contributed by atoms with Crippen molar-refractivity contribution in [1.29, 1.82) is 0 Å². The monoisotopic (exact) mass is 327 g/mol. The van der Waals surface area contributed by atoms with Crippen molar-refractivity contribution in [3.8, 4) is 16.3 Å². The first-order valence-electron chi connectivity index (χ1n) is 6.60. The minimum absolute atomic E-state index is 0.656. The zero-order valence-corrected chi connectivity index (χ0v) is 13.6. The van der Waals surface area contributed by atoms with Gasteiger partial charge in [-0.1, -0.05) is 22.9 Å². The smallest absolute Gasteiger partial charge is 0.151 e. The molecule has 1 heterocycles. The molecule has 1 N–H and O–H groups in total. The standard InChI is InChI=1S/C14H18ClN3O2S/c1-19-8-7-16-6-5-13-17-18-14(21-13)11-9-10(15)3-4-12(11)20-2/h3-4,9,16H,5-8H2,1-2H3. The summed E-state index contributed by atoms with van der Waals surface area (Å²) in [4.78, 5) is 0. The lowest BCUT2D eigenvalue weighted by molar-refractivity contribution is 0.199. The van der Waals surface area contributed by atoms with Crippen LogP contribution >= 0.6 is 22.9 Å². The topological polar surface area (TPSA) is 56.3 Å². The molecule has 0 spiro atoms. The van der Waals surface area contributed by atoms with E-state index < -0.39 is 0 Å². The fourth-order valence-corrected chi connectivity index (χ4v) is 2.84. The summed E-state index contributed by atoms with van der Waals surface area (Å²) in [5.74, 6) is 0.750. The van der Waals surface area contributed by atoms with Crippen LogP contribution in [0.2, 0.25) is 5.02 Å². The Hall–Kier alpha value is -1.21. The quantitative estimate of drug-likeness (QED) is 0.755. The average molecular weight is 328 g/mol. The van der Waals surface area contributed by atoms with Crippen LogP contribution < -0.4 is 10.1 Å². The van der Waals surface area contributed by atoms with Crippen molar-refractivity contribution in [2.75, 3.05) is 33.9 Å². The van der Waals surface area contributed by atoms with Crippen LogP contribution in [0.1, 0.15) is 5.01 Å². The fraction of sp³-hybridized carbons (Fsp3) is 0.429. The highest BCUT2D eigenvalue weighted by Gasteiger charge is 2.12. The SMILES string of the molecule is COCCNCCc1nnc(-c2cc(Cl)ccc2OC)s1. The molecular formula is C14H18ClN3O2S. The summed E-state index contributed by atoms with van der Waals surface area (Å²) in [7, 11) is 3.32. The number of methoxy groups -OCH3 is 2. The van der Waals surface area contributed by atoms with Crippen LogP contribution in [0, 0.1) is 0 Å². The maximum absolute atomic E-state index is 6.04. The molecule has 7 heteroatoms. The maximum Gasteiger partial charge on any atom is 0.151 e. The van der Waals surface area contributed by atoms with Gasteiger partial charge in [0.05, 0.1) is 19.3 Å². The Morgan fingerprint density at radius 2 is 2.10 bits per heavy atom. The summed E-state index contributed by atoms with van der Waals surface area (Å²) in [6, 6.07) is 5.48. The van der Waals surface area contributed by atoms with E-state index >= 15 is 0 Å². The van der Waals surface area contributed by atoms with E-state index in [1.165, 1.54) is 0 Å². The first-order valence-corrected chi connectivity index (χ1v) is 7.80. The van der Waals surface area contributed by atoms with Gasteiger partial charge in [-0.2, -0.15) is 0 Å². The molecule has 0 saturated carbocycles. The molecule has 1 aromatic heterocycles. The molecule has 0 amide bonds. The lowest BCUT2D eigenvalue weighted by Crippen LogP contribution is -2.21. The van der Waals surface area contributed by atoms with Crippen molar-refractivity contribution in [1.82, 2.24) is 15.5 Å². The number of nitrogens with zero attached hydrogens (tertiary/aromatic N) is 2. The van der Waals surface area contributed by atoms with Crippen molar-refractivity contribution < 1.29 is 9.47 Å². The number of halogens is 1. The molecule has 2 rings (SSSR count). The second-order valence-corrected chi connectivity index (χ2v) is 5.84. The van der Waals surface area contributed by atoms with E-state index in [1.54, 1.807) is 31.6 Å².